The van der Waals surface area contributed by atoms with Gasteiger partial charge in [0.15, 0.2) is 11.3 Å². The van der Waals surface area contributed by atoms with Gasteiger partial charge in [0.2, 0.25) is 5.95 Å². The summed E-state index contributed by atoms with van der Waals surface area (Å²) in [5.74, 6) is 0.742. The molecule has 47 heavy (non-hydrogen) atoms. The predicted octanol–water partition coefficient (Wildman–Crippen LogP) is 9.68. The van der Waals surface area contributed by atoms with Crippen LogP contribution in [0.3, 0.4) is 0 Å². The summed E-state index contributed by atoms with van der Waals surface area (Å²) in [6.07, 6.45) is 1.85. The first-order valence-corrected chi connectivity index (χ1v) is 15.7. The molecule has 10 rings (SSSR count). The Balaban J connectivity index is 1.39. The molecule has 0 aliphatic rings. The Morgan fingerprint density at radius 3 is 1.74 bits per heavy atom. The maximum Gasteiger partial charge on any atom is 0.223 e. The minimum Gasteiger partial charge on any atom is -0.309 e. The van der Waals surface area contributed by atoms with Crippen LogP contribution in [0.4, 0.5) is 0 Å². The van der Waals surface area contributed by atoms with Gasteiger partial charge in [-0.1, -0.05) is 109 Å². The lowest BCUT2D eigenvalue weighted by Gasteiger charge is -2.12. The molecule has 10 aromatic rings. The van der Waals surface area contributed by atoms with Crippen molar-refractivity contribution in [3.8, 4) is 28.6 Å². The molecule has 0 fully saturated rings. The number of benzene rings is 6. The smallest absolute Gasteiger partial charge is 0.223 e. The van der Waals surface area contributed by atoms with E-state index < -0.39 is 0 Å². The third-order valence-electron chi connectivity index (χ3n) is 9.12. The van der Waals surface area contributed by atoms with Crippen LogP contribution in [0.2, 0.25) is 0 Å². The minimum absolute atomic E-state index is 0.593. The largest absolute Gasteiger partial charge is 0.309 e. The molecule has 6 heteroatoms. The molecule has 0 N–H and O–H groups in total. The lowest BCUT2D eigenvalue weighted by atomic mass is 10.1. The molecule has 0 aliphatic carbocycles. The van der Waals surface area contributed by atoms with E-state index in [1.54, 1.807) is 0 Å². The van der Waals surface area contributed by atoms with E-state index in [1.165, 1.54) is 21.5 Å². The Morgan fingerprint density at radius 2 is 1.02 bits per heavy atom. The summed E-state index contributed by atoms with van der Waals surface area (Å²) in [5, 5.41) is 4.70. The van der Waals surface area contributed by atoms with Gasteiger partial charge in [-0.05, 0) is 42.5 Å². The maximum absolute atomic E-state index is 5.32. The molecule has 0 atom stereocenters. The summed E-state index contributed by atoms with van der Waals surface area (Å²) in [7, 11) is 0. The second-order valence-corrected chi connectivity index (χ2v) is 11.7. The second-order valence-electron chi connectivity index (χ2n) is 11.7. The van der Waals surface area contributed by atoms with Crippen molar-refractivity contribution in [3.63, 3.8) is 0 Å². The predicted molar refractivity (Wildman–Crippen MR) is 191 cm³/mol. The van der Waals surface area contributed by atoms with E-state index in [-0.39, 0.29) is 0 Å². The zero-order valence-electron chi connectivity index (χ0n) is 25.2. The van der Waals surface area contributed by atoms with Crippen LogP contribution in [0.1, 0.15) is 0 Å². The lowest BCUT2D eigenvalue weighted by Crippen LogP contribution is -2.06. The summed E-state index contributed by atoms with van der Waals surface area (Å²) >= 11 is 0. The highest BCUT2D eigenvalue weighted by Crippen LogP contribution is 2.42. The summed E-state index contributed by atoms with van der Waals surface area (Å²) in [6.45, 7) is 0. The highest BCUT2D eigenvalue weighted by atomic mass is 15.3. The average molecular weight is 603 g/mol. The minimum atomic E-state index is 0.593. The molecule has 0 bridgehead atoms. The zero-order valence-corrected chi connectivity index (χ0v) is 25.2. The highest BCUT2D eigenvalue weighted by molar-refractivity contribution is 6.26. The summed E-state index contributed by atoms with van der Waals surface area (Å²) in [5.41, 5.74) is 9.65. The highest BCUT2D eigenvalue weighted by Gasteiger charge is 2.25. The van der Waals surface area contributed by atoms with Crippen LogP contribution in [0.15, 0.2) is 158 Å². The van der Waals surface area contributed by atoms with Crippen molar-refractivity contribution >= 4 is 54.9 Å². The Labute approximate surface area is 269 Å². The molecule has 0 amide bonds. The first-order chi connectivity index (χ1) is 23.3. The van der Waals surface area contributed by atoms with E-state index in [0.29, 0.717) is 11.3 Å². The van der Waals surface area contributed by atoms with Gasteiger partial charge in [-0.3, -0.25) is 9.13 Å². The van der Waals surface area contributed by atoms with E-state index in [2.05, 4.69) is 129 Å². The van der Waals surface area contributed by atoms with Crippen molar-refractivity contribution in [1.82, 2.24) is 28.7 Å². The monoisotopic (exact) mass is 602 g/mol. The third-order valence-corrected chi connectivity index (χ3v) is 9.12. The SMILES string of the molecule is c1ccc(-c2cnc3c(n2)nc(-n2c4ccccc4c4ccc5c(c6ccccc6n5-c5ccccc5)c42)n3-c2ccccc2)cc1. The fourth-order valence-electron chi connectivity index (χ4n) is 7.13. The summed E-state index contributed by atoms with van der Waals surface area (Å²) < 4.78 is 6.81. The standard InChI is InChI=1S/C41H26N6/c1-4-14-27(15-5-1)33-26-42-40-39(43-33)44-41(46(40)29-18-8-3-9-19-29)47-34-22-12-10-20-30(34)31-24-25-36-37(38(31)47)32-21-11-13-23-35(32)45(36)28-16-6-2-7-17-28/h1-26H. The molecule has 0 saturated heterocycles. The van der Waals surface area contributed by atoms with Gasteiger partial charge < -0.3 is 4.57 Å². The number of hydrogen-bond donors (Lipinski definition) is 0. The van der Waals surface area contributed by atoms with E-state index in [0.717, 1.165) is 50.6 Å². The van der Waals surface area contributed by atoms with E-state index >= 15 is 0 Å². The van der Waals surface area contributed by atoms with E-state index in [1.807, 2.05) is 42.6 Å². The second kappa shape index (κ2) is 9.99. The van der Waals surface area contributed by atoms with Gasteiger partial charge in [-0.2, -0.15) is 4.98 Å². The first-order valence-electron chi connectivity index (χ1n) is 15.7. The fraction of sp³-hybridized carbons (Fsp3) is 0. The van der Waals surface area contributed by atoms with Gasteiger partial charge in [0.05, 0.1) is 39.6 Å². The summed E-state index contributed by atoms with van der Waals surface area (Å²) in [6, 6.07) is 52.9. The number of rotatable bonds is 4. The quantitative estimate of drug-likeness (QED) is 0.202. The molecule has 6 nitrogen and oxygen atoms in total. The first kappa shape index (κ1) is 25.8. The number of para-hydroxylation sites is 4. The third kappa shape index (κ3) is 3.76. The van der Waals surface area contributed by atoms with E-state index in [4.69, 9.17) is 15.0 Å². The number of nitrogens with zero attached hydrogens (tertiary/aromatic N) is 6. The van der Waals surface area contributed by atoms with Crippen molar-refractivity contribution < 1.29 is 0 Å². The molecular weight excluding hydrogens is 576 g/mol. The zero-order chi connectivity index (χ0) is 30.9. The number of hydrogen-bond acceptors (Lipinski definition) is 3. The fourth-order valence-corrected chi connectivity index (χ4v) is 7.13. The van der Waals surface area contributed by atoms with Gasteiger partial charge in [0, 0.05) is 32.8 Å². The molecule has 0 spiro atoms. The normalized spacial score (nSPS) is 11.8. The molecule has 6 aromatic carbocycles. The Bertz CT molecular complexity index is 2770. The van der Waals surface area contributed by atoms with E-state index in [9.17, 15) is 0 Å². The topological polar surface area (TPSA) is 53.5 Å². The van der Waals surface area contributed by atoms with Crippen molar-refractivity contribution in [2.75, 3.05) is 0 Å². The maximum atomic E-state index is 5.32. The lowest BCUT2D eigenvalue weighted by molar-refractivity contribution is 0.949. The molecule has 0 radical (unpaired) electrons. The molecule has 0 aliphatic heterocycles. The van der Waals surface area contributed by atoms with Gasteiger partial charge in [-0.15, -0.1) is 0 Å². The van der Waals surface area contributed by atoms with Crippen LogP contribution in [0, 0.1) is 0 Å². The Kier molecular flexibility index (Phi) is 5.48. The van der Waals surface area contributed by atoms with Crippen LogP contribution in [-0.2, 0) is 0 Å². The average Bonchev–Trinajstić information content (AvgIpc) is 3.80. The molecule has 4 aromatic heterocycles. The Hall–Kier alpha value is -6.53. The molecule has 220 valence electrons. The molecular formula is C41H26N6. The Morgan fingerprint density at radius 1 is 0.426 bits per heavy atom. The molecule has 0 unspecified atom stereocenters. The van der Waals surface area contributed by atoms with Crippen molar-refractivity contribution in [3.05, 3.63) is 158 Å². The molecule has 4 heterocycles. The van der Waals surface area contributed by atoms with Crippen LogP contribution < -0.4 is 0 Å². The van der Waals surface area contributed by atoms with Gasteiger partial charge >= 0.3 is 0 Å². The van der Waals surface area contributed by atoms with Gasteiger partial charge in [-0.25, -0.2) is 9.97 Å². The molecule has 0 saturated carbocycles. The van der Waals surface area contributed by atoms with Crippen LogP contribution >= 0.6 is 0 Å². The van der Waals surface area contributed by atoms with Crippen molar-refractivity contribution in [2.45, 2.75) is 0 Å². The van der Waals surface area contributed by atoms with Crippen LogP contribution in [0.5, 0.6) is 0 Å². The van der Waals surface area contributed by atoms with Crippen LogP contribution in [-0.4, -0.2) is 28.7 Å². The number of imidazole rings is 1. The van der Waals surface area contributed by atoms with Gasteiger partial charge in [0.25, 0.3) is 0 Å². The number of aromatic nitrogens is 6. The number of fused-ring (bicyclic) bond motifs is 8. The van der Waals surface area contributed by atoms with Crippen molar-refractivity contribution in [1.29, 1.82) is 0 Å². The van der Waals surface area contributed by atoms with Crippen LogP contribution in [0.25, 0.3) is 83.5 Å². The van der Waals surface area contributed by atoms with Gasteiger partial charge in [0.1, 0.15) is 0 Å². The van der Waals surface area contributed by atoms with Crippen molar-refractivity contribution in [2.24, 2.45) is 0 Å². The summed E-state index contributed by atoms with van der Waals surface area (Å²) in [4.78, 5) is 15.4.